The Morgan fingerprint density at radius 2 is 1.86 bits per heavy atom. The number of esters is 1. The highest BCUT2D eigenvalue weighted by atomic mass is 35.5. The molecule has 0 spiro atoms. The minimum Gasteiger partial charge on any atom is -0.453 e. The van der Waals surface area contributed by atoms with Crippen molar-refractivity contribution in [3.05, 3.63) is 49.6 Å². The van der Waals surface area contributed by atoms with Crippen LogP contribution in [0.25, 0.3) is 0 Å². The third kappa shape index (κ3) is 6.67. The first-order valence-electron chi connectivity index (χ1n) is 8.23. The first-order valence-corrected chi connectivity index (χ1v) is 10.3. The van der Waals surface area contributed by atoms with E-state index >= 15 is 0 Å². The molecular formula is C18H17Cl3N2O4S. The second-order valence-corrected chi connectivity index (χ2v) is 7.74. The van der Waals surface area contributed by atoms with Gasteiger partial charge in [-0.3, -0.25) is 14.4 Å². The zero-order chi connectivity index (χ0) is 20.7. The van der Waals surface area contributed by atoms with Crippen molar-refractivity contribution in [1.82, 2.24) is 5.32 Å². The van der Waals surface area contributed by atoms with Crippen molar-refractivity contribution in [2.45, 2.75) is 25.9 Å². The van der Waals surface area contributed by atoms with Gasteiger partial charge >= 0.3 is 5.97 Å². The van der Waals surface area contributed by atoms with Gasteiger partial charge in [-0.25, -0.2) is 0 Å². The molecular weight excluding hydrogens is 447 g/mol. The first kappa shape index (κ1) is 22.5. The Kier molecular flexibility index (Phi) is 8.57. The van der Waals surface area contributed by atoms with Gasteiger partial charge in [0.15, 0.2) is 6.10 Å². The normalized spacial score (nSPS) is 11.6. The molecule has 0 radical (unpaired) electrons. The maximum absolute atomic E-state index is 12.2. The van der Waals surface area contributed by atoms with E-state index in [1.807, 2.05) is 5.38 Å². The molecule has 0 aliphatic carbocycles. The largest absolute Gasteiger partial charge is 0.453 e. The molecule has 1 atom stereocenters. The molecule has 1 aromatic carbocycles. The summed E-state index contributed by atoms with van der Waals surface area (Å²) in [7, 11) is 0. The number of rotatable bonds is 8. The van der Waals surface area contributed by atoms with E-state index < -0.39 is 18.0 Å². The third-order valence-electron chi connectivity index (χ3n) is 3.57. The number of halogens is 3. The summed E-state index contributed by atoms with van der Waals surface area (Å²) >= 11 is 19.2. The molecule has 2 aromatic rings. The van der Waals surface area contributed by atoms with Gasteiger partial charge in [-0.15, -0.1) is 0 Å². The van der Waals surface area contributed by atoms with E-state index in [4.69, 9.17) is 39.5 Å². The Labute approximate surface area is 181 Å². The van der Waals surface area contributed by atoms with Gasteiger partial charge in [0.1, 0.15) is 0 Å². The zero-order valence-electron chi connectivity index (χ0n) is 14.8. The number of carbonyl (C=O) groups is 3. The molecule has 0 aliphatic heterocycles. The van der Waals surface area contributed by atoms with Crippen molar-refractivity contribution in [1.29, 1.82) is 0 Å². The molecule has 0 bridgehead atoms. The summed E-state index contributed by atoms with van der Waals surface area (Å²) in [5.74, 6) is -1.30. The van der Waals surface area contributed by atoms with E-state index in [-0.39, 0.29) is 33.1 Å². The molecule has 6 nitrogen and oxygen atoms in total. The number of ether oxygens (including phenoxy) is 1. The van der Waals surface area contributed by atoms with Gasteiger partial charge in [0.05, 0.1) is 20.8 Å². The number of anilines is 1. The Morgan fingerprint density at radius 1 is 1.14 bits per heavy atom. The Hall–Kier alpha value is -1.80. The van der Waals surface area contributed by atoms with Gasteiger partial charge in [-0.2, -0.15) is 11.3 Å². The van der Waals surface area contributed by atoms with E-state index in [0.717, 1.165) is 0 Å². The van der Waals surface area contributed by atoms with Crippen LogP contribution in [0, 0.1) is 0 Å². The van der Waals surface area contributed by atoms with Crippen molar-refractivity contribution >= 4 is 69.6 Å². The number of hydrogen-bond acceptors (Lipinski definition) is 5. The van der Waals surface area contributed by atoms with E-state index in [0.29, 0.717) is 18.5 Å². The molecule has 1 aromatic heterocycles. The summed E-state index contributed by atoms with van der Waals surface area (Å²) in [5, 5.41) is 9.49. The number of carbonyl (C=O) groups excluding carboxylic acids is 3. The lowest BCUT2D eigenvalue weighted by Crippen LogP contribution is -2.30. The standard InChI is InChI=1S/C18H17Cl3N2O4S/c1-10(17(25)23-15-8-13(20)12(19)7-14(15)21)27-16(24)3-2-5-22-18(26)11-4-6-28-9-11/h4,6-10H,2-3,5H2,1H3,(H,22,26)(H,23,25). The molecule has 0 saturated carbocycles. The molecule has 28 heavy (non-hydrogen) atoms. The van der Waals surface area contributed by atoms with Crippen molar-refractivity contribution in [3.8, 4) is 0 Å². The average molecular weight is 464 g/mol. The molecule has 1 unspecified atom stereocenters. The molecule has 2 rings (SSSR count). The molecule has 0 saturated heterocycles. The highest BCUT2D eigenvalue weighted by molar-refractivity contribution is 7.08. The maximum atomic E-state index is 12.2. The molecule has 1 heterocycles. The van der Waals surface area contributed by atoms with E-state index in [9.17, 15) is 14.4 Å². The van der Waals surface area contributed by atoms with Crippen LogP contribution in [0.2, 0.25) is 15.1 Å². The second kappa shape index (κ2) is 10.7. The van der Waals surface area contributed by atoms with Crippen LogP contribution in [-0.2, 0) is 14.3 Å². The summed E-state index contributed by atoms with van der Waals surface area (Å²) < 4.78 is 5.09. The van der Waals surface area contributed by atoms with E-state index in [1.54, 1.807) is 11.4 Å². The number of thiophene rings is 1. The molecule has 0 fully saturated rings. The van der Waals surface area contributed by atoms with Crippen LogP contribution in [0.15, 0.2) is 29.0 Å². The highest BCUT2D eigenvalue weighted by Gasteiger charge is 2.19. The third-order valence-corrected chi connectivity index (χ3v) is 5.29. The minimum atomic E-state index is -1.03. The summed E-state index contributed by atoms with van der Waals surface area (Å²) in [6, 6.07) is 4.53. The summed E-state index contributed by atoms with van der Waals surface area (Å²) in [6.45, 7) is 1.76. The summed E-state index contributed by atoms with van der Waals surface area (Å²) in [4.78, 5) is 35.8. The number of hydrogen-bond donors (Lipinski definition) is 2. The number of amides is 2. The molecule has 150 valence electrons. The summed E-state index contributed by atoms with van der Waals surface area (Å²) in [6.07, 6.45) is -0.574. The lowest BCUT2D eigenvalue weighted by molar-refractivity contribution is -0.153. The fourth-order valence-corrected chi connectivity index (χ4v) is 3.32. The summed E-state index contributed by atoms with van der Waals surface area (Å²) in [5.41, 5.74) is 0.846. The lowest BCUT2D eigenvalue weighted by atomic mass is 10.2. The first-order chi connectivity index (χ1) is 13.3. The SMILES string of the molecule is CC(OC(=O)CCCNC(=O)c1ccsc1)C(=O)Nc1cc(Cl)c(Cl)cc1Cl. The van der Waals surface area contributed by atoms with Crippen LogP contribution in [0.1, 0.15) is 30.1 Å². The number of nitrogens with one attached hydrogen (secondary N) is 2. The van der Waals surface area contributed by atoms with Crippen LogP contribution in [0.5, 0.6) is 0 Å². The van der Waals surface area contributed by atoms with Gasteiger partial charge < -0.3 is 15.4 Å². The van der Waals surface area contributed by atoms with E-state index in [1.165, 1.54) is 30.4 Å². The maximum Gasteiger partial charge on any atom is 0.306 e. The Morgan fingerprint density at radius 3 is 2.54 bits per heavy atom. The van der Waals surface area contributed by atoms with Gasteiger partial charge in [0, 0.05) is 23.9 Å². The van der Waals surface area contributed by atoms with E-state index in [2.05, 4.69) is 10.6 Å². The Balaban J connectivity index is 1.73. The fourth-order valence-electron chi connectivity index (χ4n) is 2.09. The highest BCUT2D eigenvalue weighted by Crippen LogP contribution is 2.32. The lowest BCUT2D eigenvalue weighted by Gasteiger charge is -2.15. The number of benzene rings is 1. The Bertz CT molecular complexity index is 859. The van der Waals surface area contributed by atoms with Gasteiger partial charge in [0.25, 0.3) is 11.8 Å². The predicted octanol–water partition coefficient (Wildman–Crippen LogP) is 4.79. The van der Waals surface area contributed by atoms with Crippen molar-refractivity contribution in [2.75, 3.05) is 11.9 Å². The van der Waals surface area contributed by atoms with Gasteiger partial charge in [-0.1, -0.05) is 34.8 Å². The van der Waals surface area contributed by atoms with Crippen molar-refractivity contribution < 1.29 is 19.1 Å². The zero-order valence-corrected chi connectivity index (χ0v) is 17.8. The quantitative estimate of drug-likeness (QED) is 0.335. The monoisotopic (exact) mass is 462 g/mol. The molecule has 2 N–H and O–H groups in total. The van der Waals surface area contributed by atoms with Crippen LogP contribution in [0.3, 0.4) is 0 Å². The van der Waals surface area contributed by atoms with Crippen molar-refractivity contribution in [3.63, 3.8) is 0 Å². The average Bonchev–Trinajstić information content (AvgIpc) is 3.17. The smallest absolute Gasteiger partial charge is 0.306 e. The minimum absolute atomic E-state index is 0.0645. The van der Waals surface area contributed by atoms with Crippen LogP contribution in [-0.4, -0.2) is 30.4 Å². The second-order valence-electron chi connectivity index (χ2n) is 5.74. The van der Waals surface area contributed by atoms with Crippen LogP contribution < -0.4 is 10.6 Å². The molecule has 2 amide bonds. The van der Waals surface area contributed by atoms with Crippen LogP contribution >= 0.6 is 46.1 Å². The predicted molar refractivity (Wildman–Crippen MR) is 112 cm³/mol. The molecule has 10 heteroatoms. The fraction of sp³-hybridized carbons (Fsp3) is 0.278. The molecule has 0 aliphatic rings. The van der Waals surface area contributed by atoms with Gasteiger partial charge in [0.2, 0.25) is 0 Å². The topological polar surface area (TPSA) is 84.5 Å². The van der Waals surface area contributed by atoms with Crippen LogP contribution in [0.4, 0.5) is 5.69 Å². The van der Waals surface area contributed by atoms with Gasteiger partial charge in [-0.05, 0) is 36.9 Å². The van der Waals surface area contributed by atoms with Crippen molar-refractivity contribution in [2.24, 2.45) is 0 Å².